The van der Waals surface area contributed by atoms with Crippen LogP contribution >= 0.6 is 0 Å². The van der Waals surface area contributed by atoms with Crippen LogP contribution in [0.1, 0.15) is 0 Å². The van der Waals surface area contributed by atoms with Crippen molar-refractivity contribution in [3.63, 3.8) is 0 Å². The summed E-state index contributed by atoms with van der Waals surface area (Å²) in [6.45, 7) is 5.57. The fourth-order valence-electron chi connectivity index (χ4n) is 0.486. The first kappa shape index (κ1) is 15.1. The number of hydrogen-bond donors (Lipinski definition) is 0. The van der Waals surface area contributed by atoms with Crippen molar-refractivity contribution in [2.24, 2.45) is 0 Å². The van der Waals surface area contributed by atoms with Gasteiger partial charge in [-0.1, -0.05) is 19.6 Å². The molecular weight excluding hydrogens is 183 g/mol. The maximum Gasteiger partial charge on any atom is 1.00 e. The van der Waals surface area contributed by atoms with Crippen LogP contribution in [0.2, 0.25) is 19.6 Å². The SMILES string of the molecule is COC(=O)/C=C(\[O-])O[Si](C)(C)C.[Li+]. The summed E-state index contributed by atoms with van der Waals surface area (Å²) in [4.78, 5) is 10.5. The topological polar surface area (TPSA) is 58.6 Å². The van der Waals surface area contributed by atoms with Gasteiger partial charge in [0.05, 0.1) is 13.1 Å². The average molecular weight is 196 g/mol. The Bertz CT molecular complexity index is 197. The third-order valence-electron chi connectivity index (χ3n) is 0.844. The van der Waals surface area contributed by atoms with E-state index in [1.165, 1.54) is 7.11 Å². The molecule has 0 aromatic rings. The molecule has 0 fully saturated rings. The van der Waals surface area contributed by atoms with Crippen molar-refractivity contribution in [2.75, 3.05) is 7.11 Å². The third-order valence-corrected chi connectivity index (χ3v) is 1.66. The van der Waals surface area contributed by atoms with Crippen LogP contribution in [0.3, 0.4) is 0 Å². The van der Waals surface area contributed by atoms with Crippen LogP contribution in [-0.2, 0) is 14.0 Å². The van der Waals surface area contributed by atoms with Gasteiger partial charge < -0.3 is 14.3 Å². The zero-order chi connectivity index (χ0) is 9.78. The van der Waals surface area contributed by atoms with Crippen LogP contribution < -0.4 is 24.0 Å². The van der Waals surface area contributed by atoms with Gasteiger partial charge in [-0.25, -0.2) is 4.79 Å². The van der Waals surface area contributed by atoms with Crippen LogP contribution in [0.25, 0.3) is 0 Å². The predicted octanol–water partition coefficient (Wildman–Crippen LogP) is -2.78. The first-order valence-electron chi connectivity index (χ1n) is 3.51. The fourth-order valence-corrected chi connectivity index (χ4v) is 1.15. The summed E-state index contributed by atoms with van der Waals surface area (Å²) >= 11 is 0. The molecule has 0 saturated carbocycles. The van der Waals surface area contributed by atoms with Crippen molar-refractivity contribution in [2.45, 2.75) is 19.6 Å². The summed E-state index contributed by atoms with van der Waals surface area (Å²) in [5, 5.41) is 10.9. The van der Waals surface area contributed by atoms with Gasteiger partial charge in [0, 0.05) is 6.08 Å². The fraction of sp³-hybridized carbons (Fsp3) is 0.571. The molecule has 0 amide bonds. The number of carbonyl (C=O) groups is 1. The van der Waals surface area contributed by atoms with Gasteiger partial charge in [-0.05, 0) is 0 Å². The molecule has 0 atom stereocenters. The normalized spacial score (nSPS) is 11.5. The zero-order valence-corrected chi connectivity index (χ0v) is 9.71. The first-order valence-corrected chi connectivity index (χ1v) is 6.91. The van der Waals surface area contributed by atoms with Crippen LogP contribution in [0.5, 0.6) is 0 Å². The predicted molar refractivity (Wildman–Crippen MR) is 44.5 cm³/mol. The largest absolute Gasteiger partial charge is 1.00 e. The van der Waals surface area contributed by atoms with Gasteiger partial charge in [-0.3, -0.25) is 0 Å². The monoisotopic (exact) mass is 196 g/mol. The average Bonchev–Trinajstić information content (AvgIpc) is 1.82. The van der Waals surface area contributed by atoms with E-state index in [-0.39, 0.29) is 18.9 Å². The minimum absolute atomic E-state index is 0. The molecular formula is C7H13LiO4Si. The van der Waals surface area contributed by atoms with E-state index in [4.69, 9.17) is 4.43 Å². The van der Waals surface area contributed by atoms with Crippen molar-refractivity contribution in [3.05, 3.63) is 12.0 Å². The van der Waals surface area contributed by atoms with E-state index in [9.17, 15) is 9.90 Å². The quantitative estimate of drug-likeness (QED) is 0.212. The van der Waals surface area contributed by atoms with Crippen LogP contribution in [-0.4, -0.2) is 21.4 Å². The second-order valence-electron chi connectivity index (χ2n) is 3.20. The maximum atomic E-state index is 10.9. The number of rotatable bonds is 3. The van der Waals surface area contributed by atoms with E-state index in [1.54, 1.807) is 0 Å². The molecule has 13 heavy (non-hydrogen) atoms. The Labute approximate surface area is 91.2 Å². The molecule has 0 heterocycles. The molecule has 0 aliphatic carbocycles. The van der Waals surface area contributed by atoms with Gasteiger partial charge in [0.15, 0.2) is 0 Å². The molecule has 0 aliphatic rings. The number of ether oxygens (including phenoxy) is 1. The molecule has 0 spiro atoms. The molecule has 70 valence electrons. The Kier molecular flexibility index (Phi) is 7.13. The minimum Gasteiger partial charge on any atom is -0.634 e. The van der Waals surface area contributed by atoms with Gasteiger partial charge in [0.25, 0.3) is 0 Å². The Morgan fingerprint density at radius 1 is 1.38 bits per heavy atom. The summed E-state index contributed by atoms with van der Waals surface area (Å²) in [6, 6.07) is 0. The van der Waals surface area contributed by atoms with Crippen LogP contribution in [0.15, 0.2) is 12.0 Å². The third kappa shape index (κ3) is 9.54. The summed E-state index contributed by atoms with van der Waals surface area (Å²) in [5.41, 5.74) is 0. The van der Waals surface area contributed by atoms with Gasteiger partial charge in [0.1, 0.15) is 8.32 Å². The Morgan fingerprint density at radius 2 is 1.85 bits per heavy atom. The molecule has 0 radical (unpaired) electrons. The number of methoxy groups -OCH3 is 1. The standard InChI is InChI=1S/C7H14O4Si.Li/c1-10-6(8)5-7(9)11-12(2,3)4;/h5,9H,1-4H3;/q;+1/p-1/b7-5+;. The number of hydrogen-bond acceptors (Lipinski definition) is 4. The molecule has 0 saturated heterocycles. The minimum atomic E-state index is -1.89. The first-order chi connectivity index (χ1) is 5.35. The van der Waals surface area contributed by atoms with Crippen molar-refractivity contribution >= 4 is 14.3 Å². The van der Waals surface area contributed by atoms with E-state index in [0.29, 0.717) is 0 Å². The molecule has 0 aliphatic heterocycles. The summed E-state index contributed by atoms with van der Waals surface area (Å²) < 4.78 is 9.21. The molecule has 0 N–H and O–H groups in total. The van der Waals surface area contributed by atoms with Crippen molar-refractivity contribution in [3.8, 4) is 0 Å². The van der Waals surface area contributed by atoms with Crippen molar-refractivity contribution in [1.82, 2.24) is 0 Å². The van der Waals surface area contributed by atoms with Crippen LogP contribution in [0.4, 0.5) is 0 Å². The second-order valence-corrected chi connectivity index (χ2v) is 7.63. The maximum absolute atomic E-state index is 10.9. The Morgan fingerprint density at radius 3 is 2.15 bits per heavy atom. The Balaban J connectivity index is 0. The number of carbonyl (C=O) groups excluding carboxylic acids is 1. The van der Waals surface area contributed by atoms with E-state index >= 15 is 0 Å². The molecule has 0 rings (SSSR count). The van der Waals surface area contributed by atoms with E-state index < -0.39 is 20.2 Å². The molecule has 0 aromatic heterocycles. The smallest absolute Gasteiger partial charge is 0.634 e. The van der Waals surface area contributed by atoms with E-state index in [0.717, 1.165) is 6.08 Å². The van der Waals surface area contributed by atoms with Crippen molar-refractivity contribution < 1.29 is 37.9 Å². The number of esters is 1. The second kappa shape index (κ2) is 6.14. The van der Waals surface area contributed by atoms with Gasteiger partial charge in [0.2, 0.25) is 0 Å². The molecule has 4 nitrogen and oxygen atoms in total. The van der Waals surface area contributed by atoms with Gasteiger partial charge in [-0.15, -0.1) is 0 Å². The van der Waals surface area contributed by atoms with Crippen molar-refractivity contribution in [1.29, 1.82) is 0 Å². The van der Waals surface area contributed by atoms with Crippen LogP contribution in [0, 0.1) is 0 Å². The van der Waals surface area contributed by atoms with E-state index in [1.807, 2.05) is 19.6 Å². The summed E-state index contributed by atoms with van der Waals surface area (Å²) in [7, 11) is -0.679. The van der Waals surface area contributed by atoms with Gasteiger partial charge in [-0.2, -0.15) is 0 Å². The van der Waals surface area contributed by atoms with E-state index in [2.05, 4.69) is 4.74 Å². The molecule has 0 unspecified atom stereocenters. The molecule has 6 heteroatoms. The summed E-state index contributed by atoms with van der Waals surface area (Å²) in [5.74, 6) is -1.31. The summed E-state index contributed by atoms with van der Waals surface area (Å²) in [6.07, 6.45) is 0.804. The molecule has 0 aromatic carbocycles. The zero-order valence-electron chi connectivity index (χ0n) is 8.71. The van der Waals surface area contributed by atoms with Gasteiger partial charge >= 0.3 is 24.8 Å². The Hall–Kier alpha value is -0.376. The molecule has 0 bridgehead atoms.